The lowest BCUT2D eigenvalue weighted by molar-refractivity contribution is -0.140. The van der Waals surface area contributed by atoms with Crippen LogP contribution >= 0.6 is 23.2 Å². The maximum absolute atomic E-state index is 14.6. The molecule has 0 saturated heterocycles. The molecule has 240 valence electrons. The van der Waals surface area contributed by atoms with E-state index in [1.807, 2.05) is 37.3 Å². The van der Waals surface area contributed by atoms with Crippen LogP contribution in [0.25, 0.3) is 0 Å². The maximum atomic E-state index is 14.6. The molecule has 1 aliphatic carbocycles. The lowest BCUT2D eigenvalue weighted by atomic mass is 10.0. The molecule has 0 heterocycles. The fourth-order valence-electron chi connectivity index (χ4n) is 5.74. The van der Waals surface area contributed by atoms with Crippen molar-refractivity contribution in [2.45, 2.75) is 62.6 Å². The Labute approximate surface area is 281 Å². The van der Waals surface area contributed by atoms with Gasteiger partial charge in [-0.05, 0) is 61.7 Å². The zero-order valence-corrected chi connectivity index (χ0v) is 27.9. The van der Waals surface area contributed by atoms with Crippen molar-refractivity contribution < 1.29 is 18.0 Å². The van der Waals surface area contributed by atoms with E-state index in [9.17, 15) is 18.0 Å². The standard InChI is InChI=1S/C36H37Cl2N3O4S/c1-26-19-21-30(22-20-26)46(44,45)41(29-15-6-3-7-16-29)25-35(42)40(24-31-32(37)17-10-18-33(31)38)34(23-27-11-4-2-5-12-27)36(43)39-28-13-8-9-14-28/h2-7,10-12,15-22,28,34H,8-9,13-14,23-25H2,1H3,(H,39,43)/t34-/m0/s1. The van der Waals surface area contributed by atoms with Crippen molar-refractivity contribution in [2.75, 3.05) is 10.8 Å². The number of halogens is 2. The molecule has 0 radical (unpaired) electrons. The molecule has 0 bridgehead atoms. The molecule has 0 aromatic heterocycles. The van der Waals surface area contributed by atoms with Gasteiger partial charge >= 0.3 is 0 Å². The fourth-order valence-corrected chi connectivity index (χ4v) is 7.67. The number of para-hydroxylation sites is 1. The highest BCUT2D eigenvalue weighted by molar-refractivity contribution is 7.92. The van der Waals surface area contributed by atoms with Crippen LogP contribution in [-0.2, 0) is 32.6 Å². The van der Waals surface area contributed by atoms with Crippen molar-refractivity contribution in [2.24, 2.45) is 0 Å². The number of nitrogens with zero attached hydrogens (tertiary/aromatic N) is 2. The number of sulfonamides is 1. The van der Waals surface area contributed by atoms with E-state index in [4.69, 9.17) is 23.2 Å². The minimum atomic E-state index is -4.18. The largest absolute Gasteiger partial charge is 0.352 e. The molecule has 10 heteroatoms. The fraction of sp³-hybridized carbons (Fsp3) is 0.278. The SMILES string of the molecule is Cc1ccc(S(=O)(=O)N(CC(=O)N(Cc2c(Cl)cccc2Cl)[C@@H](Cc2ccccc2)C(=O)NC2CCCC2)c2ccccc2)cc1. The van der Waals surface area contributed by atoms with Crippen LogP contribution in [0.1, 0.15) is 42.4 Å². The van der Waals surface area contributed by atoms with Gasteiger partial charge in [-0.25, -0.2) is 8.42 Å². The van der Waals surface area contributed by atoms with E-state index in [-0.39, 0.29) is 29.8 Å². The molecule has 1 saturated carbocycles. The molecule has 1 fully saturated rings. The Bertz CT molecular complexity index is 1730. The van der Waals surface area contributed by atoms with Gasteiger partial charge in [0.15, 0.2) is 0 Å². The molecule has 7 nitrogen and oxygen atoms in total. The van der Waals surface area contributed by atoms with E-state index >= 15 is 0 Å². The molecule has 1 N–H and O–H groups in total. The summed E-state index contributed by atoms with van der Waals surface area (Å²) in [5.74, 6) is -0.877. The summed E-state index contributed by atoms with van der Waals surface area (Å²) in [4.78, 5) is 30.2. The van der Waals surface area contributed by atoms with Gasteiger partial charge in [0.2, 0.25) is 11.8 Å². The minimum absolute atomic E-state index is 0.00867. The third-order valence-electron chi connectivity index (χ3n) is 8.29. The highest BCUT2D eigenvalue weighted by Crippen LogP contribution is 2.29. The number of benzene rings is 4. The number of carbonyl (C=O) groups is 2. The van der Waals surface area contributed by atoms with E-state index < -0.39 is 28.5 Å². The second-order valence-corrected chi connectivity index (χ2v) is 14.3. The van der Waals surface area contributed by atoms with E-state index in [2.05, 4.69) is 5.32 Å². The normalized spacial score (nSPS) is 14.1. The van der Waals surface area contributed by atoms with Crippen LogP contribution in [0.15, 0.2) is 108 Å². The van der Waals surface area contributed by atoms with Gasteiger partial charge in [-0.1, -0.05) is 108 Å². The van der Waals surface area contributed by atoms with Crippen LogP contribution in [0.2, 0.25) is 10.0 Å². The molecule has 1 atom stereocenters. The van der Waals surface area contributed by atoms with Crippen LogP contribution in [-0.4, -0.2) is 43.8 Å². The third kappa shape index (κ3) is 8.10. The van der Waals surface area contributed by atoms with Crippen LogP contribution in [0.3, 0.4) is 0 Å². The second-order valence-electron chi connectivity index (χ2n) is 11.6. The minimum Gasteiger partial charge on any atom is -0.352 e. The van der Waals surface area contributed by atoms with E-state index in [1.165, 1.54) is 17.0 Å². The highest BCUT2D eigenvalue weighted by atomic mass is 35.5. The third-order valence-corrected chi connectivity index (χ3v) is 10.8. The maximum Gasteiger partial charge on any atom is 0.264 e. The molecule has 0 spiro atoms. The molecule has 46 heavy (non-hydrogen) atoms. The van der Waals surface area contributed by atoms with Crippen LogP contribution in [0.5, 0.6) is 0 Å². The molecular formula is C36H37Cl2N3O4S. The molecule has 2 amide bonds. The first kappa shape index (κ1) is 33.5. The number of aryl methyl sites for hydroxylation is 1. The van der Waals surface area contributed by atoms with Gasteiger partial charge in [0.1, 0.15) is 12.6 Å². The van der Waals surface area contributed by atoms with Gasteiger partial charge in [-0.3, -0.25) is 13.9 Å². The summed E-state index contributed by atoms with van der Waals surface area (Å²) in [6.45, 7) is 1.22. The number of nitrogens with one attached hydrogen (secondary N) is 1. The lowest BCUT2D eigenvalue weighted by Gasteiger charge is -2.34. The lowest BCUT2D eigenvalue weighted by Crippen LogP contribution is -2.54. The van der Waals surface area contributed by atoms with Crippen molar-refractivity contribution in [1.29, 1.82) is 0 Å². The van der Waals surface area contributed by atoms with Gasteiger partial charge in [0, 0.05) is 34.6 Å². The monoisotopic (exact) mass is 677 g/mol. The average Bonchev–Trinajstić information content (AvgIpc) is 3.56. The van der Waals surface area contributed by atoms with Crippen molar-refractivity contribution in [3.8, 4) is 0 Å². The summed E-state index contributed by atoms with van der Waals surface area (Å²) in [6, 6.07) is 28.5. The van der Waals surface area contributed by atoms with Crippen molar-refractivity contribution in [3.63, 3.8) is 0 Å². The highest BCUT2D eigenvalue weighted by Gasteiger charge is 2.36. The van der Waals surface area contributed by atoms with Gasteiger partial charge in [-0.15, -0.1) is 0 Å². The molecule has 5 rings (SSSR count). The number of amides is 2. The van der Waals surface area contributed by atoms with Crippen LogP contribution in [0.4, 0.5) is 5.69 Å². The van der Waals surface area contributed by atoms with Crippen LogP contribution < -0.4 is 9.62 Å². The van der Waals surface area contributed by atoms with E-state index in [1.54, 1.807) is 60.7 Å². The topological polar surface area (TPSA) is 86.8 Å². The first-order chi connectivity index (χ1) is 22.1. The summed E-state index contributed by atoms with van der Waals surface area (Å²) in [6.07, 6.45) is 3.99. The summed E-state index contributed by atoms with van der Waals surface area (Å²) >= 11 is 13.2. The number of rotatable bonds is 12. The van der Waals surface area contributed by atoms with Crippen molar-refractivity contribution in [1.82, 2.24) is 10.2 Å². The van der Waals surface area contributed by atoms with Gasteiger partial charge in [-0.2, -0.15) is 0 Å². The molecule has 4 aromatic rings. The van der Waals surface area contributed by atoms with Crippen molar-refractivity contribution >= 4 is 50.7 Å². The predicted molar refractivity (Wildman–Crippen MR) is 183 cm³/mol. The zero-order valence-electron chi connectivity index (χ0n) is 25.6. The van der Waals surface area contributed by atoms with Gasteiger partial charge in [0.05, 0.1) is 10.6 Å². The Morgan fingerprint density at radius 3 is 2.02 bits per heavy atom. The smallest absolute Gasteiger partial charge is 0.264 e. The predicted octanol–water partition coefficient (Wildman–Crippen LogP) is 7.20. The molecule has 1 aliphatic rings. The average molecular weight is 679 g/mol. The van der Waals surface area contributed by atoms with Crippen LogP contribution in [0, 0.1) is 6.92 Å². The summed E-state index contributed by atoms with van der Waals surface area (Å²) in [5.41, 5.74) is 2.55. The Kier molecular flexibility index (Phi) is 11.0. The number of hydrogen-bond acceptors (Lipinski definition) is 4. The zero-order chi connectivity index (χ0) is 32.7. The second kappa shape index (κ2) is 15.2. The Balaban J connectivity index is 1.58. The van der Waals surface area contributed by atoms with E-state index in [0.717, 1.165) is 41.1 Å². The van der Waals surface area contributed by atoms with Crippen molar-refractivity contribution in [3.05, 3.63) is 130 Å². The first-order valence-corrected chi connectivity index (χ1v) is 17.5. The number of carbonyl (C=O) groups excluding carboxylic acids is 2. The Hall–Kier alpha value is -3.85. The molecular weight excluding hydrogens is 641 g/mol. The summed E-state index contributed by atoms with van der Waals surface area (Å²) in [7, 11) is -4.18. The molecule has 0 unspecified atom stereocenters. The number of anilines is 1. The Morgan fingerprint density at radius 2 is 1.41 bits per heavy atom. The van der Waals surface area contributed by atoms with Gasteiger partial charge < -0.3 is 10.2 Å². The molecule has 4 aromatic carbocycles. The Morgan fingerprint density at radius 1 is 0.826 bits per heavy atom. The molecule has 0 aliphatic heterocycles. The summed E-state index contributed by atoms with van der Waals surface area (Å²) in [5, 5.41) is 3.85. The quantitative estimate of drug-likeness (QED) is 0.172. The summed E-state index contributed by atoms with van der Waals surface area (Å²) < 4.78 is 29.3. The van der Waals surface area contributed by atoms with Gasteiger partial charge in [0.25, 0.3) is 10.0 Å². The van der Waals surface area contributed by atoms with E-state index in [0.29, 0.717) is 21.3 Å². The number of hydrogen-bond donors (Lipinski definition) is 1. The first-order valence-electron chi connectivity index (χ1n) is 15.3.